The number of nitrogens with one attached hydrogen (secondary N) is 1. The van der Waals surface area contributed by atoms with Crippen molar-refractivity contribution < 1.29 is 13.5 Å². The Labute approximate surface area is 119 Å². The number of benzene rings is 1. The van der Waals surface area contributed by atoms with Crippen LogP contribution in [-0.4, -0.2) is 19.2 Å². The van der Waals surface area contributed by atoms with Crippen LogP contribution >= 0.6 is 0 Å². The minimum Gasteiger partial charge on any atom is -0.491 e. The summed E-state index contributed by atoms with van der Waals surface area (Å²) in [6.07, 6.45) is 5.72. The molecule has 0 amide bonds. The van der Waals surface area contributed by atoms with Crippen molar-refractivity contribution in [2.24, 2.45) is 5.92 Å². The van der Waals surface area contributed by atoms with E-state index in [2.05, 4.69) is 12.2 Å². The van der Waals surface area contributed by atoms with Crippen molar-refractivity contribution in [3.05, 3.63) is 29.8 Å². The monoisotopic (exact) mass is 283 g/mol. The maximum atomic E-state index is 13.4. The van der Waals surface area contributed by atoms with Crippen molar-refractivity contribution in [3.8, 4) is 5.75 Å². The van der Waals surface area contributed by atoms with Gasteiger partial charge in [0.25, 0.3) is 0 Å². The Kier molecular flexibility index (Phi) is 5.77. The minimum atomic E-state index is -0.628. The van der Waals surface area contributed by atoms with E-state index < -0.39 is 11.6 Å². The number of ether oxygens (including phenoxy) is 1. The molecule has 0 heterocycles. The second kappa shape index (κ2) is 7.58. The lowest BCUT2D eigenvalue weighted by Crippen LogP contribution is -2.33. The van der Waals surface area contributed by atoms with Crippen molar-refractivity contribution >= 4 is 0 Å². The highest BCUT2D eigenvalue weighted by Crippen LogP contribution is 2.29. The predicted molar refractivity (Wildman–Crippen MR) is 75.9 cm³/mol. The Balaban J connectivity index is 1.77. The zero-order valence-electron chi connectivity index (χ0n) is 12.0. The van der Waals surface area contributed by atoms with Crippen LogP contribution in [0.1, 0.15) is 39.0 Å². The van der Waals surface area contributed by atoms with Crippen LogP contribution in [0, 0.1) is 17.6 Å². The molecule has 0 spiro atoms. The van der Waals surface area contributed by atoms with E-state index in [1.165, 1.54) is 31.4 Å². The Morgan fingerprint density at radius 2 is 2.15 bits per heavy atom. The predicted octanol–water partition coefficient (Wildman–Crippen LogP) is 3.90. The van der Waals surface area contributed by atoms with Crippen molar-refractivity contribution in [1.82, 2.24) is 5.32 Å². The highest BCUT2D eigenvalue weighted by molar-refractivity contribution is 5.24. The summed E-state index contributed by atoms with van der Waals surface area (Å²) in [5, 5.41) is 3.57. The second-order valence-electron chi connectivity index (χ2n) is 5.46. The first-order valence-electron chi connectivity index (χ1n) is 7.52. The average Bonchev–Trinajstić information content (AvgIpc) is 2.86. The van der Waals surface area contributed by atoms with Gasteiger partial charge in [0.1, 0.15) is 5.82 Å². The lowest BCUT2D eigenvalue weighted by Gasteiger charge is -2.21. The van der Waals surface area contributed by atoms with Gasteiger partial charge in [-0.2, -0.15) is 0 Å². The summed E-state index contributed by atoms with van der Waals surface area (Å²) in [5.41, 5.74) is 0. The largest absolute Gasteiger partial charge is 0.491 e. The summed E-state index contributed by atoms with van der Waals surface area (Å²) in [4.78, 5) is 0. The van der Waals surface area contributed by atoms with Crippen LogP contribution in [0.5, 0.6) is 5.75 Å². The van der Waals surface area contributed by atoms with Crippen LogP contribution in [0.3, 0.4) is 0 Å². The fraction of sp³-hybridized carbons (Fsp3) is 0.625. The van der Waals surface area contributed by atoms with Crippen LogP contribution in [-0.2, 0) is 0 Å². The first kappa shape index (κ1) is 15.2. The first-order valence-corrected chi connectivity index (χ1v) is 7.52. The molecule has 1 fully saturated rings. The van der Waals surface area contributed by atoms with E-state index in [-0.39, 0.29) is 5.75 Å². The summed E-state index contributed by atoms with van der Waals surface area (Å²) in [7, 11) is 0. The molecule has 1 aromatic carbocycles. The van der Waals surface area contributed by atoms with Gasteiger partial charge < -0.3 is 10.1 Å². The maximum absolute atomic E-state index is 13.4. The van der Waals surface area contributed by atoms with Gasteiger partial charge in [0.05, 0.1) is 6.61 Å². The van der Waals surface area contributed by atoms with E-state index in [9.17, 15) is 8.78 Å². The average molecular weight is 283 g/mol. The number of rotatable bonds is 7. The van der Waals surface area contributed by atoms with E-state index >= 15 is 0 Å². The quantitative estimate of drug-likeness (QED) is 0.819. The smallest absolute Gasteiger partial charge is 0.167 e. The van der Waals surface area contributed by atoms with Gasteiger partial charge in [0.2, 0.25) is 0 Å². The van der Waals surface area contributed by atoms with Gasteiger partial charge in [0, 0.05) is 12.1 Å². The van der Waals surface area contributed by atoms with Crippen LogP contribution in [0.15, 0.2) is 18.2 Å². The molecule has 1 saturated carbocycles. The molecule has 20 heavy (non-hydrogen) atoms. The fourth-order valence-corrected chi connectivity index (χ4v) is 2.89. The lowest BCUT2D eigenvalue weighted by molar-refractivity contribution is 0.251. The van der Waals surface area contributed by atoms with E-state index in [1.807, 2.05) is 0 Å². The molecule has 0 aliphatic heterocycles. The van der Waals surface area contributed by atoms with Crippen LogP contribution in [0.25, 0.3) is 0 Å². The zero-order chi connectivity index (χ0) is 14.4. The van der Waals surface area contributed by atoms with Crippen molar-refractivity contribution in [2.45, 2.75) is 45.1 Å². The molecule has 2 atom stereocenters. The third-order valence-corrected chi connectivity index (χ3v) is 3.96. The topological polar surface area (TPSA) is 21.3 Å². The van der Waals surface area contributed by atoms with E-state index in [4.69, 9.17) is 4.74 Å². The highest BCUT2D eigenvalue weighted by Gasteiger charge is 2.26. The van der Waals surface area contributed by atoms with Crippen molar-refractivity contribution in [3.63, 3.8) is 0 Å². The molecular formula is C16H23F2NO. The molecule has 4 heteroatoms. The fourth-order valence-electron chi connectivity index (χ4n) is 2.89. The Morgan fingerprint density at radius 1 is 1.30 bits per heavy atom. The van der Waals surface area contributed by atoms with Gasteiger partial charge in [-0.15, -0.1) is 0 Å². The third-order valence-electron chi connectivity index (χ3n) is 3.96. The summed E-state index contributed by atoms with van der Waals surface area (Å²) >= 11 is 0. The molecule has 2 unspecified atom stereocenters. The molecule has 1 N–H and O–H groups in total. The minimum absolute atomic E-state index is 0.141. The summed E-state index contributed by atoms with van der Waals surface area (Å²) in [5.74, 6) is -0.459. The second-order valence-corrected chi connectivity index (χ2v) is 5.46. The van der Waals surface area contributed by atoms with Gasteiger partial charge >= 0.3 is 0 Å². The van der Waals surface area contributed by atoms with Crippen molar-refractivity contribution in [1.29, 1.82) is 0 Å². The number of hydrogen-bond acceptors (Lipinski definition) is 2. The summed E-state index contributed by atoms with van der Waals surface area (Å²) in [6, 6.07) is 4.00. The molecule has 0 bridgehead atoms. The normalized spacial score (nSPS) is 22.1. The molecule has 2 rings (SSSR count). The molecule has 1 aromatic rings. The number of halogens is 2. The van der Waals surface area contributed by atoms with Gasteiger partial charge in [0.15, 0.2) is 11.6 Å². The van der Waals surface area contributed by atoms with E-state index in [0.717, 1.165) is 25.5 Å². The van der Waals surface area contributed by atoms with Gasteiger partial charge in [-0.05, 0) is 50.3 Å². The lowest BCUT2D eigenvalue weighted by atomic mass is 10.00. The van der Waals surface area contributed by atoms with Gasteiger partial charge in [-0.3, -0.25) is 0 Å². The van der Waals surface area contributed by atoms with Crippen LogP contribution in [0.4, 0.5) is 8.78 Å². The third kappa shape index (κ3) is 4.17. The van der Waals surface area contributed by atoms with E-state index in [0.29, 0.717) is 18.6 Å². The molecule has 112 valence electrons. The highest BCUT2D eigenvalue weighted by atomic mass is 19.1. The van der Waals surface area contributed by atoms with Gasteiger partial charge in [-0.25, -0.2) is 8.78 Å². The summed E-state index contributed by atoms with van der Waals surface area (Å²) < 4.78 is 31.6. The van der Waals surface area contributed by atoms with Crippen LogP contribution < -0.4 is 10.1 Å². The molecular weight excluding hydrogens is 260 g/mol. The molecule has 1 aliphatic rings. The van der Waals surface area contributed by atoms with Crippen molar-refractivity contribution in [2.75, 3.05) is 13.2 Å². The van der Waals surface area contributed by atoms with Crippen LogP contribution in [0.2, 0.25) is 0 Å². The number of hydrogen-bond donors (Lipinski definition) is 1. The molecule has 0 saturated heterocycles. The first-order chi connectivity index (χ1) is 9.70. The standard InChI is InChI=1S/C16H23F2NO/c1-2-9-19-15-5-3-4-12(15)8-10-20-16-7-6-13(17)11-14(16)18/h6-7,11-12,15,19H,2-5,8-10H2,1H3. The maximum Gasteiger partial charge on any atom is 0.167 e. The Morgan fingerprint density at radius 3 is 2.90 bits per heavy atom. The Bertz CT molecular complexity index is 425. The van der Waals surface area contributed by atoms with E-state index in [1.54, 1.807) is 0 Å². The molecule has 1 aliphatic carbocycles. The molecule has 0 radical (unpaired) electrons. The molecule has 2 nitrogen and oxygen atoms in total. The van der Waals surface area contributed by atoms with Gasteiger partial charge in [-0.1, -0.05) is 13.3 Å². The Hall–Kier alpha value is -1.16. The SMILES string of the molecule is CCCNC1CCCC1CCOc1ccc(F)cc1F. The molecule has 0 aromatic heterocycles. The zero-order valence-corrected chi connectivity index (χ0v) is 12.0. The summed E-state index contributed by atoms with van der Waals surface area (Å²) in [6.45, 7) is 3.70.